The number of rotatable bonds is 20. The van der Waals surface area contributed by atoms with Crippen molar-refractivity contribution in [2.45, 2.75) is 107 Å². The third-order valence-electron chi connectivity index (χ3n) is 7.93. The molecule has 16 nitrogen and oxygen atoms in total. The van der Waals surface area contributed by atoms with E-state index in [0.717, 1.165) is 13.8 Å². The number of nitrogens with zero attached hydrogens (tertiary/aromatic N) is 2. The van der Waals surface area contributed by atoms with E-state index in [1.165, 1.54) is 33.3 Å². The molecule has 2 aliphatic heterocycles. The van der Waals surface area contributed by atoms with Crippen molar-refractivity contribution in [3.8, 4) is 0 Å². The van der Waals surface area contributed by atoms with Gasteiger partial charge in [0.2, 0.25) is 59.1 Å². The summed E-state index contributed by atoms with van der Waals surface area (Å²) in [5.41, 5.74) is 0. The van der Waals surface area contributed by atoms with Crippen LogP contribution in [-0.2, 0) is 47.9 Å². The van der Waals surface area contributed by atoms with Crippen molar-refractivity contribution in [1.82, 2.24) is 31.1 Å². The number of unbranched alkanes of at least 4 members (excludes halogenated alkanes) is 2. The van der Waals surface area contributed by atoms with Crippen molar-refractivity contribution in [3.63, 3.8) is 0 Å². The topological polar surface area (TPSA) is 225 Å². The van der Waals surface area contributed by atoms with E-state index in [9.17, 15) is 47.9 Å². The molecule has 2 rings (SSSR count). The summed E-state index contributed by atoms with van der Waals surface area (Å²) in [6, 6.07) is -2.13. The van der Waals surface area contributed by atoms with E-state index < -0.39 is 58.0 Å². The summed E-state index contributed by atoms with van der Waals surface area (Å²) < 4.78 is 0. The highest BCUT2D eigenvalue weighted by molar-refractivity contribution is 8.00. The van der Waals surface area contributed by atoms with Gasteiger partial charge in [-0.1, -0.05) is 0 Å². The van der Waals surface area contributed by atoms with Gasteiger partial charge < -0.3 is 10.6 Å². The predicted molar refractivity (Wildman–Crippen MR) is 180 cm³/mol. The zero-order valence-electron chi connectivity index (χ0n) is 28.3. The van der Waals surface area contributed by atoms with Crippen LogP contribution >= 0.6 is 23.5 Å². The minimum atomic E-state index is -1.06. The standard InChI is InChI=1S/C31H46N6O10S2/c1-18(38)32-28(44)20(10-5-7-14-36-26(42)16-22(48-3)30(36)46)34-24(40)12-9-13-25(41)35-21(29(45)33-19(2)39)11-6-8-15-37-27(43)17-23(49-4)31(37)47/h20-23H,5-17H2,1-4H3,(H,34,40)(H,35,41)(H,32,38,44)(H,33,39,45). The van der Waals surface area contributed by atoms with Gasteiger partial charge in [0.25, 0.3) is 0 Å². The summed E-state index contributed by atoms with van der Waals surface area (Å²) in [5.74, 6) is -4.74. The zero-order valence-corrected chi connectivity index (χ0v) is 29.9. The quantitative estimate of drug-likeness (QED) is 0.0944. The Morgan fingerprint density at radius 2 is 1.00 bits per heavy atom. The minimum Gasteiger partial charge on any atom is -0.344 e. The zero-order chi connectivity index (χ0) is 36.7. The molecule has 4 unspecified atom stereocenters. The highest BCUT2D eigenvalue weighted by Crippen LogP contribution is 2.24. The van der Waals surface area contributed by atoms with E-state index in [2.05, 4.69) is 21.3 Å². The van der Waals surface area contributed by atoms with Crippen molar-refractivity contribution in [3.05, 3.63) is 0 Å². The summed E-state index contributed by atoms with van der Waals surface area (Å²) in [7, 11) is 0. The third-order valence-corrected chi connectivity index (χ3v) is 9.81. The predicted octanol–water partition coefficient (Wildman–Crippen LogP) is -0.227. The molecule has 10 amide bonds. The van der Waals surface area contributed by atoms with Gasteiger partial charge in [0.05, 0.1) is 10.5 Å². The Hall–Kier alpha value is -3.80. The second kappa shape index (κ2) is 20.7. The van der Waals surface area contributed by atoms with Crippen molar-refractivity contribution in [2.75, 3.05) is 25.6 Å². The Morgan fingerprint density at radius 1 is 0.633 bits per heavy atom. The number of imide groups is 4. The normalized spacial score (nSPS) is 18.7. The number of amides is 10. The van der Waals surface area contributed by atoms with E-state index in [1.54, 1.807) is 12.5 Å². The van der Waals surface area contributed by atoms with E-state index in [4.69, 9.17) is 0 Å². The number of thioether (sulfide) groups is 2. The molecule has 0 aromatic heterocycles. The van der Waals surface area contributed by atoms with Crippen molar-refractivity contribution < 1.29 is 47.9 Å². The van der Waals surface area contributed by atoms with Gasteiger partial charge in [-0.05, 0) is 57.5 Å². The lowest BCUT2D eigenvalue weighted by Gasteiger charge is -2.20. The van der Waals surface area contributed by atoms with Gasteiger partial charge >= 0.3 is 0 Å². The molecule has 272 valence electrons. The average molecular weight is 727 g/mol. The number of hydrogen-bond acceptors (Lipinski definition) is 12. The van der Waals surface area contributed by atoms with Crippen LogP contribution < -0.4 is 21.3 Å². The second-order valence-electron chi connectivity index (χ2n) is 11.8. The SMILES string of the molecule is CSC1CC(=O)N(CCCCC(NC(=O)CCCC(=O)NC(CCCCN2C(=O)CC(SC)C2=O)C(=O)NC(C)=O)C(=O)NC(C)=O)C1=O. The number of hydrogen-bond donors (Lipinski definition) is 4. The lowest BCUT2D eigenvalue weighted by molar-refractivity contribution is -0.139. The molecule has 4 N–H and O–H groups in total. The molecule has 0 aromatic rings. The van der Waals surface area contributed by atoms with Crippen LogP contribution in [0.1, 0.15) is 84.5 Å². The number of nitrogens with one attached hydrogen (secondary N) is 4. The Morgan fingerprint density at radius 3 is 1.31 bits per heavy atom. The van der Waals surface area contributed by atoms with Crippen LogP contribution in [0.4, 0.5) is 0 Å². The van der Waals surface area contributed by atoms with Crippen LogP contribution in [0.15, 0.2) is 0 Å². The number of carbonyl (C=O) groups is 10. The first-order valence-corrected chi connectivity index (χ1v) is 18.7. The first-order valence-electron chi connectivity index (χ1n) is 16.1. The van der Waals surface area contributed by atoms with Crippen LogP contribution in [0.2, 0.25) is 0 Å². The number of carbonyl (C=O) groups excluding carboxylic acids is 10. The fraction of sp³-hybridized carbons (Fsp3) is 0.677. The van der Waals surface area contributed by atoms with E-state index in [1.807, 2.05) is 0 Å². The molecular weight excluding hydrogens is 681 g/mol. The van der Waals surface area contributed by atoms with Crippen molar-refractivity contribution in [2.24, 2.45) is 0 Å². The van der Waals surface area contributed by atoms with E-state index >= 15 is 0 Å². The molecule has 0 spiro atoms. The summed E-state index contributed by atoms with van der Waals surface area (Å²) in [6.45, 7) is 2.67. The molecule has 0 radical (unpaired) electrons. The van der Waals surface area contributed by atoms with Crippen molar-refractivity contribution in [1.29, 1.82) is 0 Å². The molecule has 0 saturated carbocycles. The summed E-state index contributed by atoms with van der Waals surface area (Å²) >= 11 is 2.62. The van der Waals surface area contributed by atoms with Crippen LogP contribution in [0.25, 0.3) is 0 Å². The molecule has 0 bridgehead atoms. The Balaban J connectivity index is 1.83. The van der Waals surface area contributed by atoms with E-state index in [0.29, 0.717) is 25.7 Å². The fourth-order valence-corrected chi connectivity index (χ4v) is 6.66. The largest absolute Gasteiger partial charge is 0.344 e. The summed E-state index contributed by atoms with van der Waals surface area (Å²) in [6.07, 6.45) is 5.37. The first-order chi connectivity index (χ1) is 23.2. The first kappa shape index (κ1) is 41.4. The lowest BCUT2D eigenvalue weighted by atomic mass is 10.1. The van der Waals surface area contributed by atoms with Crippen LogP contribution in [0.5, 0.6) is 0 Å². The summed E-state index contributed by atoms with van der Waals surface area (Å²) in [5, 5.41) is 8.63. The van der Waals surface area contributed by atoms with Gasteiger partial charge in [-0.25, -0.2) is 0 Å². The van der Waals surface area contributed by atoms with Gasteiger partial charge in [-0.15, -0.1) is 0 Å². The Bertz CT molecular complexity index is 1220. The van der Waals surface area contributed by atoms with Gasteiger partial charge in [-0.3, -0.25) is 68.4 Å². The lowest BCUT2D eigenvalue weighted by Crippen LogP contribution is -2.48. The van der Waals surface area contributed by atoms with Gasteiger partial charge in [0.15, 0.2) is 0 Å². The maximum atomic E-state index is 12.7. The molecule has 0 aliphatic carbocycles. The highest BCUT2D eigenvalue weighted by Gasteiger charge is 2.38. The van der Waals surface area contributed by atoms with Crippen LogP contribution in [0.3, 0.4) is 0 Å². The smallest absolute Gasteiger partial charge is 0.249 e. The monoisotopic (exact) mass is 726 g/mol. The average Bonchev–Trinajstić information content (AvgIpc) is 3.46. The Kier molecular flexibility index (Phi) is 17.4. The minimum absolute atomic E-state index is 0.0609. The van der Waals surface area contributed by atoms with Crippen molar-refractivity contribution >= 4 is 82.6 Å². The molecule has 2 fully saturated rings. The molecule has 0 aromatic carbocycles. The fourth-order valence-electron chi connectivity index (χ4n) is 5.38. The molecule has 49 heavy (non-hydrogen) atoms. The van der Waals surface area contributed by atoms with Crippen LogP contribution in [-0.4, -0.2) is 117 Å². The summed E-state index contributed by atoms with van der Waals surface area (Å²) in [4.78, 5) is 125. The molecule has 2 heterocycles. The highest BCUT2D eigenvalue weighted by atomic mass is 32.2. The Labute approximate surface area is 293 Å². The maximum absolute atomic E-state index is 12.7. The molecule has 4 atom stereocenters. The number of likely N-dealkylation sites (tertiary alicyclic amines) is 2. The second-order valence-corrected chi connectivity index (χ2v) is 13.9. The molecule has 2 aliphatic rings. The van der Waals surface area contributed by atoms with Gasteiger partial charge in [-0.2, -0.15) is 23.5 Å². The van der Waals surface area contributed by atoms with E-state index in [-0.39, 0.29) is 81.7 Å². The molecular formula is C31H46N6O10S2. The van der Waals surface area contributed by atoms with Gasteiger partial charge in [0, 0.05) is 52.6 Å². The van der Waals surface area contributed by atoms with Crippen LogP contribution in [0, 0.1) is 0 Å². The molecule has 2 saturated heterocycles. The maximum Gasteiger partial charge on any atom is 0.249 e. The van der Waals surface area contributed by atoms with Gasteiger partial charge in [0.1, 0.15) is 12.1 Å². The third kappa shape index (κ3) is 13.6. The molecule has 18 heteroatoms.